The maximum absolute atomic E-state index is 12.9. The molecule has 2 N–H and O–H groups in total. The third-order valence-electron chi connectivity index (χ3n) is 8.51. The number of hydrogen-bond acceptors (Lipinski definition) is 8. The molecule has 1 atom stereocenters. The van der Waals surface area contributed by atoms with Crippen molar-refractivity contribution in [3.8, 4) is 5.75 Å². The number of hydrogen-bond donors (Lipinski definition) is 2. The molecule has 0 bridgehead atoms. The van der Waals surface area contributed by atoms with E-state index in [1.165, 1.54) is 19.2 Å². The largest absolute Gasteiger partial charge is 0.488 e. The molecule has 1 aliphatic rings. The van der Waals surface area contributed by atoms with Crippen LogP contribution in [0.25, 0.3) is 0 Å². The molecule has 4 rings (SSSR count). The molecular formula is C37H47N3O7S. The first-order chi connectivity index (χ1) is 23.1. The van der Waals surface area contributed by atoms with Crippen LogP contribution in [0.4, 0.5) is 0 Å². The lowest BCUT2D eigenvalue weighted by molar-refractivity contribution is -0.130. The summed E-state index contributed by atoms with van der Waals surface area (Å²) in [7, 11) is -1.90. The Labute approximate surface area is 284 Å². The van der Waals surface area contributed by atoms with Crippen LogP contribution < -0.4 is 15.6 Å². The van der Waals surface area contributed by atoms with Gasteiger partial charge in [-0.1, -0.05) is 61.9 Å². The normalized spacial score (nSPS) is 14.1. The molecule has 10 nitrogen and oxygen atoms in total. The maximum atomic E-state index is 12.9. The Hall–Kier alpha value is -4.22. The summed E-state index contributed by atoms with van der Waals surface area (Å²) < 4.78 is 34.5. The zero-order chi connectivity index (χ0) is 34.5. The van der Waals surface area contributed by atoms with E-state index < -0.39 is 15.8 Å². The highest BCUT2D eigenvalue weighted by Gasteiger charge is 2.27. The number of unbranched alkanes of at least 4 members (excludes halogenated alkanes) is 2. The van der Waals surface area contributed by atoms with Gasteiger partial charge in [0.1, 0.15) is 17.9 Å². The van der Waals surface area contributed by atoms with E-state index in [1.54, 1.807) is 12.1 Å². The van der Waals surface area contributed by atoms with Crippen molar-refractivity contribution >= 4 is 27.6 Å². The number of nitrogens with one attached hydrogen (secondary N) is 2. The van der Waals surface area contributed by atoms with Gasteiger partial charge in [-0.2, -0.15) is 0 Å². The predicted octanol–water partition coefficient (Wildman–Crippen LogP) is 4.98. The molecule has 0 saturated heterocycles. The highest BCUT2D eigenvalue weighted by molar-refractivity contribution is 7.90. The van der Waals surface area contributed by atoms with Crippen LogP contribution in [0.2, 0.25) is 0 Å². The van der Waals surface area contributed by atoms with Crippen LogP contribution in [-0.4, -0.2) is 63.6 Å². The zero-order valence-electron chi connectivity index (χ0n) is 28.1. The fourth-order valence-electron chi connectivity index (χ4n) is 5.92. The molecule has 258 valence electrons. The topological polar surface area (TPSA) is 131 Å². The Kier molecular flexibility index (Phi) is 13.6. The minimum atomic E-state index is -3.28. The number of ether oxygens (including phenoxy) is 2. The third kappa shape index (κ3) is 10.6. The van der Waals surface area contributed by atoms with Crippen LogP contribution >= 0.6 is 0 Å². The minimum Gasteiger partial charge on any atom is -0.488 e. The highest BCUT2D eigenvalue weighted by Crippen LogP contribution is 2.32. The number of nitrogens with zero attached hydrogens (tertiary/aromatic N) is 1. The van der Waals surface area contributed by atoms with Crippen LogP contribution in [0.1, 0.15) is 78.1 Å². The number of esters is 1. The summed E-state index contributed by atoms with van der Waals surface area (Å²) in [5.41, 5.74) is 10.2. The lowest BCUT2D eigenvalue weighted by atomic mass is 9.85. The molecule has 0 unspecified atom stereocenters. The Morgan fingerprint density at radius 1 is 0.917 bits per heavy atom. The molecule has 0 saturated carbocycles. The van der Waals surface area contributed by atoms with Gasteiger partial charge in [-0.15, -0.1) is 0 Å². The van der Waals surface area contributed by atoms with Crippen molar-refractivity contribution in [3.05, 3.63) is 94.5 Å². The van der Waals surface area contributed by atoms with E-state index in [1.807, 2.05) is 54.3 Å². The summed E-state index contributed by atoms with van der Waals surface area (Å²) in [4.78, 5) is 40.4. The van der Waals surface area contributed by atoms with Crippen LogP contribution in [-0.2, 0) is 50.0 Å². The molecule has 2 amide bonds. The molecule has 0 radical (unpaired) electrons. The van der Waals surface area contributed by atoms with Gasteiger partial charge in [0, 0.05) is 31.8 Å². The summed E-state index contributed by atoms with van der Waals surface area (Å²) in [5, 5.41) is 0. The standard InChI is InChI=1S/C37H47N3O7S/c1-4-22-40(35(42)24-27-14-18-31(19-15-27)48(3,44)45)23-10-6-9-13-34(41)39-38-30-17-20-32-29(25-30)16-21-33(36(32)37(43)46-2)47-26-28-11-7-5-8-12-28/h5,7-8,11-12,14-16,18-19,21,30,38H,4,6,9-10,13,17,20,22-26H2,1-3H3,(H,39,41)/t30-/m0/s1. The second-order valence-corrected chi connectivity index (χ2v) is 14.3. The second-order valence-electron chi connectivity index (χ2n) is 12.3. The smallest absolute Gasteiger partial charge is 0.341 e. The number of carbonyl (C=O) groups excluding carboxylic acids is 3. The third-order valence-corrected chi connectivity index (χ3v) is 9.64. The Bertz CT molecular complexity index is 1640. The van der Waals surface area contributed by atoms with Gasteiger partial charge < -0.3 is 14.4 Å². The van der Waals surface area contributed by atoms with Gasteiger partial charge in [0.25, 0.3) is 0 Å². The maximum Gasteiger partial charge on any atom is 0.341 e. The Morgan fingerprint density at radius 3 is 2.35 bits per heavy atom. The lowest BCUT2D eigenvalue weighted by Crippen LogP contribution is -2.46. The van der Waals surface area contributed by atoms with Gasteiger partial charge in [0.2, 0.25) is 11.8 Å². The quantitative estimate of drug-likeness (QED) is 0.116. The SMILES string of the molecule is CCCN(CCCCCC(=O)NN[C@H]1CCc2c(ccc(OCc3ccccc3)c2C(=O)OC)C1)C(=O)Cc1ccc(S(C)(=O)=O)cc1. The monoisotopic (exact) mass is 677 g/mol. The molecular weight excluding hydrogens is 630 g/mol. The lowest BCUT2D eigenvalue weighted by Gasteiger charge is -2.28. The molecule has 0 fully saturated rings. The molecule has 0 heterocycles. The Balaban J connectivity index is 1.19. The van der Waals surface area contributed by atoms with Gasteiger partial charge >= 0.3 is 5.97 Å². The van der Waals surface area contributed by atoms with Crippen molar-refractivity contribution in [2.45, 2.75) is 82.3 Å². The van der Waals surface area contributed by atoms with Crippen LogP contribution in [0.3, 0.4) is 0 Å². The van der Waals surface area contributed by atoms with E-state index in [-0.39, 0.29) is 29.2 Å². The summed E-state index contributed by atoms with van der Waals surface area (Å²) in [5.74, 6) is 0.0138. The summed E-state index contributed by atoms with van der Waals surface area (Å²) >= 11 is 0. The van der Waals surface area contributed by atoms with Crippen LogP contribution in [0.5, 0.6) is 5.75 Å². The van der Waals surface area contributed by atoms with Crippen molar-refractivity contribution in [1.82, 2.24) is 15.8 Å². The van der Waals surface area contributed by atoms with Crippen LogP contribution in [0.15, 0.2) is 71.6 Å². The number of rotatable bonds is 17. The van der Waals surface area contributed by atoms with E-state index in [0.717, 1.165) is 54.2 Å². The van der Waals surface area contributed by atoms with Gasteiger partial charge in [0.15, 0.2) is 9.84 Å². The van der Waals surface area contributed by atoms with Crippen molar-refractivity contribution in [3.63, 3.8) is 0 Å². The van der Waals surface area contributed by atoms with Gasteiger partial charge in [-0.3, -0.25) is 15.0 Å². The summed E-state index contributed by atoms with van der Waals surface area (Å²) in [6, 6.07) is 20.1. The van der Waals surface area contributed by atoms with E-state index in [0.29, 0.717) is 56.7 Å². The average molecular weight is 678 g/mol. The average Bonchev–Trinajstić information content (AvgIpc) is 3.08. The fraction of sp³-hybridized carbons (Fsp3) is 0.432. The number of methoxy groups -OCH3 is 1. The summed E-state index contributed by atoms with van der Waals surface area (Å²) in [6.45, 7) is 3.64. The molecule has 3 aromatic carbocycles. The van der Waals surface area contributed by atoms with Gasteiger partial charge in [-0.25, -0.2) is 18.6 Å². The van der Waals surface area contributed by atoms with Crippen molar-refractivity contribution < 1.29 is 32.3 Å². The van der Waals surface area contributed by atoms with Crippen molar-refractivity contribution in [1.29, 1.82) is 0 Å². The van der Waals surface area contributed by atoms with Crippen molar-refractivity contribution in [2.24, 2.45) is 0 Å². The molecule has 3 aromatic rings. The first-order valence-electron chi connectivity index (χ1n) is 16.6. The predicted molar refractivity (Wildman–Crippen MR) is 184 cm³/mol. The van der Waals surface area contributed by atoms with Gasteiger partial charge in [0.05, 0.1) is 18.4 Å². The molecule has 0 spiro atoms. The molecule has 48 heavy (non-hydrogen) atoms. The highest BCUT2D eigenvalue weighted by atomic mass is 32.2. The molecule has 0 aromatic heterocycles. The van der Waals surface area contributed by atoms with E-state index >= 15 is 0 Å². The zero-order valence-corrected chi connectivity index (χ0v) is 28.9. The fourth-order valence-corrected chi connectivity index (χ4v) is 6.55. The number of benzene rings is 3. The van der Waals surface area contributed by atoms with E-state index in [9.17, 15) is 22.8 Å². The first-order valence-corrected chi connectivity index (χ1v) is 18.5. The number of hydrazine groups is 1. The van der Waals surface area contributed by atoms with Crippen molar-refractivity contribution in [2.75, 3.05) is 26.5 Å². The number of amides is 2. The van der Waals surface area contributed by atoms with E-state index in [4.69, 9.17) is 9.47 Å². The second kappa shape index (κ2) is 17.8. The number of carbonyl (C=O) groups is 3. The van der Waals surface area contributed by atoms with Gasteiger partial charge in [-0.05, 0) is 79.0 Å². The summed E-state index contributed by atoms with van der Waals surface area (Å²) in [6.07, 6.45) is 6.94. The number of sulfone groups is 1. The minimum absolute atomic E-state index is 0.00888. The number of fused-ring (bicyclic) bond motifs is 1. The first kappa shape index (κ1) is 36.6. The Morgan fingerprint density at radius 2 is 1.67 bits per heavy atom. The molecule has 0 aliphatic heterocycles. The molecule has 1 aliphatic carbocycles. The molecule has 11 heteroatoms. The van der Waals surface area contributed by atoms with Crippen LogP contribution in [0, 0.1) is 0 Å². The van der Waals surface area contributed by atoms with E-state index in [2.05, 4.69) is 10.9 Å².